The number of aliphatic hydroxyl groups is 1. The molecule has 28 heavy (non-hydrogen) atoms. The van der Waals surface area contributed by atoms with Gasteiger partial charge in [-0.3, -0.25) is 4.68 Å². The van der Waals surface area contributed by atoms with E-state index in [0.29, 0.717) is 20.5 Å². The van der Waals surface area contributed by atoms with Crippen LogP contribution < -0.4 is 5.32 Å². The maximum atomic E-state index is 11.9. The molecule has 4 rings (SSSR count). The Labute approximate surface area is 173 Å². The molecular formula is C19H16ClN3O3S2. The number of thiophene rings is 2. The van der Waals surface area contributed by atoms with Gasteiger partial charge in [0.25, 0.3) is 0 Å². The summed E-state index contributed by atoms with van der Waals surface area (Å²) >= 11 is 8.65. The summed E-state index contributed by atoms with van der Waals surface area (Å²) in [5, 5.41) is 31.0. The molecule has 1 unspecified atom stereocenters. The van der Waals surface area contributed by atoms with Gasteiger partial charge in [0.15, 0.2) is 6.23 Å². The van der Waals surface area contributed by atoms with Crippen molar-refractivity contribution in [2.24, 2.45) is 7.05 Å². The second kappa shape index (κ2) is 7.21. The quantitative estimate of drug-likeness (QED) is 0.380. The number of halogens is 1. The number of fused-ring (bicyclic) bond motifs is 1. The van der Waals surface area contributed by atoms with Crippen molar-refractivity contribution < 1.29 is 15.0 Å². The number of carboxylic acid groups (broad SMARTS) is 1. The first-order chi connectivity index (χ1) is 13.3. The molecule has 0 radical (unpaired) electrons. The number of nitrogens with one attached hydrogen (secondary N) is 1. The number of hydrogen-bond acceptors (Lipinski definition) is 6. The van der Waals surface area contributed by atoms with Gasteiger partial charge in [-0.1, -0.05) is 23.7 Å². The maximum Gasteiger partial charge on any atom is 0.339 e. The van der Waals surface area contributed by atoms with Crippen molar-refractivity contribution in [2.45, 2.75) is 13.2 Å². The van der Waals surface area contributed by atoms with Crippen LogP contribution >= 0.6 is 34.3 Å². The lowest BCUT2D eigenvalue weighted by atomic mass is 10.1. The van der Waals surface area contributed by atoms with Gasteiger partial charge in [-0.2, -0.15) is 5.10 Å². The van der Waals surface area contributed by atoms with Crippen LogP contribution in [0.5, 0.6) is 0 Å². The molecule has 9 heteroatoms. The van der Waals surface area contributed by atoms with E-state index in [4.69, 9.17) is 11.6 Å². The van der Waals surface area contributed by atoms with Gasteiger partial charge in [0.1, 0.15) is 10.4 Å². The Hall–Kier alpha value is -2.39. The van der Waals surface area contributed by atoms with E-state index in [1.807, 2.05) is 20.0 Å². The lowest BCUT2D eigenvalue weighted by molar-refractivity contribution is 0.0699. The van der Waals surface area contributed by atoms with Crippen LogP contribution in [-0.4, -0.2) is 26.0 Å². The average molecular weight is 434 g/mol. The van der Waals surface area contributed by atoms with Gasteiger partial charge in [0, 0.05) is 22.8 Å². The van der Waals surface area contributed by atoms with Gasteiger partial charge in [-0.15, -0.1) is 22.7 Å². The lowest BCUT2D eigenvalue weighted by Crippen LogP contribution is -2.11. The molecule has 0 aliphatic carbocycles. The predicted molar refractivity (Wildman–Crippen MR) is 114 cm³/mol. The van der Waals surface area contributed by atoms with E-state index in [0.717, 1.165) is 21.5 Å². The average Bonchev–Trinajstić information content (AvgIpc) is 3.32. The SMILES string of the molecule is Cc1nn(C)c2sc(C(O)Nc3csc(-c4ccc(Cl)cc4)c3C(=O)O)cc12. The minimum Gasteiger partial charge on any atom is -0.478 e. The van der Waals surface area contributed by atoms with Gasteiger partial charge in [-0.25, -0.2) is 4.79 Å². The predicted octanol–water partition coefficient (Wildman–Crippen LogP) is 5.13. The zero-order valence-corrected chi connectivity index (χ0v) is 17.3. The Bertz CT molecular complexity index is 1140. The molecule has 144 valence electrons. The smallest absolute Gasteiger partial charge is 0.339 e. The van der Waals surface area contributed by atoms with Gasteiger partial charge in [0.2, 0.25) is 0 Å². The minimum absolute atomic E-state index is 0.130. The molecule has 3 N–H and O–H groups in total. The topological polar surface area (TPSA) is 87.4 Å². The lowest BCUT2D eigenvalue weighted by Gasteiger charge is -2.12. The molecule has 0 amide bonds. The van der Waals surface area contributed by atoms with Crippen LogP contribution in [0.25, 0.3) is 20.7 Å². The molecule has 0 aliphatic rings. The number of nitrogens with zero attached hydrogens (tertiary/aromatic N) is 2. The number of aromatic nitrogens is 2. The second-order valence-corrected chi connectivity index (χ2v) is 8.67. The molecule has 0 fully saturated rings. The molecule has 3 heterocycles. The largest absolute Gasteiger partial charge is 0.478 e. The van der Waals surface area contributed by atoms with Gasteiger partial charge >= 0.3 is 5.97 Å². The highest BCUT2D eigenvalue weighted by Gasteiger charge is 2.23. The van der Waals surface area contributed by atoms with E-state index < -0.39 is 12.2 Å². The first-order valence-corrected chi connectivity index (χ1v) is 10.4. The molecule has 6 nitrogen and oxygen atoms in total. The fraction of sp³-hybridized carbons (Fsp3) is 0.158. The molecule has 4 aromatic rings. The summed E-state index contributed by atoms with van der Waals surface area (Å²) in [6, 6.07) is 8.88. The number of aromatic carboxylic acids is 1. The molecular weight excluding hydrogens is 418 g/mol. The summed E-state index contributed by atoms with van der Waals surface area (Å²) in [6.45, 7) is 1.92. The fourth-order valence-corrected chi connectivity index (χ4v) is 5.26. The zero-order valence-electron chi connectivity index (χ0n) is 14.9. The van der Waals surface area contributed by atoms with E-state index >= 15 is 0 Å². The number of hydrogen-bond donors (Lipinski definition) is 3. The molecule has 3 aromatic heterocycles. The standard InChI is InChI=1S/C19H16ClN3O3S2/c1-9-12-7-14(28-18(12)23(2)22-9)17(24)21-13-8-27-16(15(13)19(25)26)10-3-5-11(20)6-4-10/h3-8,17,21,24H,1-2H3,(H,25,26). The Morgan fingerprint density at radius 2 is 2.04 bits per heavy atom. The first-order valence-electron chi connectivity index (χ1n) is 8.33. The Balaban J connectivity index is 1.67. The third kappa shape index (κ3) is 3.29. The summed E-state index contributed by atoms with van der Waals surface area (Å²) < 4.78 is 1.78. The van der Waals surface area contributed by atoms with Crippen molar-refractivity contribution in [1.29, 1.82) is 0 Å². The van der Waals surface area contributed by atoms with Crippen LogP contribution in [-0.2, 0) is 7.05 Å². The monoisotopic (exact) mass is 433 g/mol. The van der Waals surface area contributed by atoms with Gasteiger partial charge < -0.3 is 15.5 Å². The van der Waals surface area contributed by atoms with Crippen LogP contribution in [0, 0.1) is 6.92 Å². The first kappa shape index (κ1) is 18.9. The second-order valence-electron chi connectivity index (χ2n) is 6.29. The van der Waals surface area contributed by atoms with Crippen molar-refractivity contribution >= 4 is 56.1 Å². The number of rotatable bonds is 5. The van der Waals surface area contributed by atoms with Crippen LogP contribution in [0.1, 0.15) is 27.2 Å². The van der Waals surface area contributed by atoms with Crippen LogP contribution in [0.3, 0.4) is 0 Å². The molecule has 0 bridgehead atoms. The highest BCUT2D eigenvalue weighted by atomic mass is 35.5. The number of anilines is 1. The third-order valence-corrected chi connectivity index (χ3v) is 6.92. The van der Waals surface area contributed by atoms with Crippen molar-refractivity contribution in [3.05, 3.63) is 56.9 Å². The number of benzene rings is 1. The molecule has 1 aromatic carbocycles. The van der Waals surface area contributed by atoms with E-state index in [9.17, 15) is 15.0 Å². The normalized spacial score (nSPS) is 12.4. The minimum atomic E-state index is -1.06. The fourth-order valence-electron chi connectivity index (χ4n) is 3.07. The molecule has 0 saturated carbocycles. The van der Waals surface area contributed by atoms with Gasteiger partial charge in [0.05, 0.1) is 21.1 Å². The zero-order chi connectivity index (χ0) is 20.0. The Morgan fingerprint density at radius 1 is 1.32 bits per heavy atom. The highest BCUT2D eigenvalue weighted by molar-refractivity contribution is 7.18. The number of aryl methyl sites for hydroxylation is 2. The summed E-state index contributed by atoms with van der Waals surface area (Å²) in [4.78, 5) is 14.2. The van der Waals surface area contributed by atoms with E-state index in [-0.39, 0.29) is 5.56 Å². The molecule has 0 aliphatic heterocycles. The molecule has 0 saturated heterocycles. The summed E-state index contributed by atoms with van der Waals surface area (Å²) in [5.41, 5.74) is 2.16. The maximum absolute atomic E-state index is 11.9. The number of carbonyl (C=O) groups is 1. The van der Waals surface area contributed by atoms with Crippen molar-refractivity contribution in [2.75, 3.05) is 5.32 Å². The van der Waals surface area contributed by atoms with Gasteiger partial charge in [-0.05, 0) is 30.7 Å². The van der Waals surface area contributed by atoms with Crippen LogP contribution in [0.4, 0.5) is 5.69 Å². The number of carboxylic acids is 1. The van der Waals surface area contributed by atoms with E-state index in [1.165, 1.54) is 22.7 Å². The van der Waals surface area contributed by atoms with Crippen molar-refractivity contribution in [3.8, 4) is 10.4 Å². The highest BCUT2D eigenvalue weighted by Crippen LogP contribution is 2.39. The summed E-state index contributed by atoms with van der Waals surface area (Å²) in [5.74, 6) is -1.06. The van der Waals surface area contributed by atoms with Crippen molar-refractivity contribution in [3.63, 3.8) is 0 Å². The summed E-state index contributed by atoms with van der Waals surface area (Å²) in [7, 11) is 1.86. The third-order valence-electron chi connectivity index (χ3n) is 4.39. The molecule has 1 atom stereocenters. The van der Waals surface area contributed by atoms with E-state index in [1.54, 1.807) is 34.3 Å². The van der Waals surface area contributed by atoms with Crippen molar-refractivity contribution in [1.82, 2.24) is 9.78 Å². The molecule has 0 spiro atoms. The summed E-state index contributed by atoms with van der Waals surface area (Å²) in [6.07, 6.45) is -1.03. The number of aliphatic hydroxyl groups excluding tert-OH is 1. The van der Waals surface area contributed by atoms with Crippen LogP contribution in [0.2, 0.25) is 5.02 Å². The Morgan fingerprint density at radius 3 is 2.68 bits per heavy atom. The van der Waals surface area contributed by atoms with Crippen LogP contribution in [0.15, 0.2) is 35.7 Å². The van der Waals surface area contributed by atoms with E-state index in [2.05, 4.69) is 10.4 Å². The Kier molecular flexibility index (Phi) is 4.88.